The Balaban J connectivity index is 1.71. The summed E-state index contributed by atoms with van der Waals surface area (Å²) < 4.78 is 0. The van der Waals surface area contributed by atoms with Crippen molar-refractivity contribution in [2.75, 3.05) is 18.0 Å². The van der Waals surface area contributed by atoms with Crippen molar-refractivity contribution in [1.82, 2.24) is 0 Å². The highest BCUT2D eigenvalue weighted by Crippen LogP contribution is 2.54. The predicted octanol–water partition coefficient (Wildman–Crippen LogP) is 5.10. The summed E-state index contributed by atoms with van der Waals surface area (Å²) in [7, 11) is 0. The van der Waals surface area contributed by atoms with E-state index in [0.29, 0.717) is 5.41 Å². The fourth-order valence-corrected chi connectivity index (χ4v) is 4.69. The van der Waals surface area contributed by atoms with Crippen LogP contribution in [0, 0.1) is 23.2 Å². The van der Waals surface area contributed by atoms with Crippen LogP contribution >= 0.6 is 0 Å². The fourth-order valence-electron chi connectivity index (χ4n) is 4.69. The van der Waals surface area contributed by atoms with E-state index in [1.807, 2.05) is 0 Å². The monoisotopic (exact) mass is 285 g/mol. The quantitative estimate of drug-likeness (QED) is 0.693. The average molecular weight is 285 g/mol. The van der Waals surface area contributed by atoms with Crippen molar-refractivity contribution >= 4 is 5.69 Å². The van der Waals surface area contributed by atoms with E-state index in [9.17, 15) is 0 Å². The molecule has 1 aliphatic carbocycles. The molecule has 0 radical (unpaired) electrons. The zero-order valence-corrected chi connectivity index (χ0v) is 14.6. The van der Waals surface area contributed by atoms with Crippen molar-refractivity contribution < 1.29 is 0 Å². The van der Waals surface area contributed by atoms with E-state index in [-0.39, 0.29) is 5.41 Å². The van der Waals surface area contributed by atoms with E-state index in [2.05, 4.69) is 70.7 Å². The van der Waals surface area contributed by atoms with Gasteiger partial charge in [-0.15, -0.1) is 0 Å². The van der Waals surface area contributed by atoms with Crippen molar-refractivity contribution in [3.8, 4) is 0 Å². The first-order chi connectivity index (χ1) is 9.66. The lowest BCUT2D eigenvalue weighted by Crippen LogP contribution is -2.59. The third kappa shape index (κ3) is 2.72. The summed E-state index contributed by atoms with van der Waals surface area (Å²) >= 11 is 0. The van der Waals surface area contributed by atoms with E-state index >= 15 is 0 Å². The number of piperidine rings is 2. The van der Waals surface area contributed by atoms with Crippen molar-refractivity contribution in [3.05, 3.63) is 29.8 Å². The van der Waals surface area contributed by atoms with Crippen LogP contribution in [0.5, 0.6) is 0 Å². The maximum absolute atomic E-state index is 2.62. The zero-order chi connectivity index (χ0) is 15.4. The largest absolute Gasteiger partial charge is 0.371 e. The van der Waals surface area contributed by atoms with Crippen LogP contribution in [0.15, 0.2) is 24.3 Å². The van der Waals surface area contributed by atoms with Gasteiger partial charge in [0.15, 0.2) is 0 Å². The molecule has 4 rings (SSSR count). The maximum Gasteiger partial charge on any atom is 0.0366 e. The van der Waals surface area contributed by atoms with Crippen molar-refractivity contribution in [1.29, 1.82) is 0 Å². The minimum absolute atomic E-state index is 0.250. The molecule has 1 saturated carbocycles. The van der Waals surface area contributed by atoms with Crippen molar-refractivity contribution in [2.45, 2.75) is 53.4 Å². The molecule has 1 aromatic rings. The van der Waals surface area contributed by atoms with Crippen LogP contribution in [0.2, 0.25) is 0 Å². The highest BCUT2D eigenvalue weighted by molar-refractivity contribution is 5.50. The van der Waals surface area contributed by atoms with Gasteiger partial charge in [0.1, 0.15) is 0 Å². The molecular weight excluding hydrogens is 254 g/mol. The molecule has 1 nitrogen and oxygen atoms in total. The smallest absolute Gasteiger partial charge is 0.0366 e. The Kier molecular flexibility index (Phi) is 3.39. The van der Waals surface area contributed by atoms with Gasteiger partial charge < -0.3 is 4.90 Å². The van der Waals surface area contributed by atoms with Crippen LogP contribution < -0.4 is 4.90 Å². The van der Waals surface area contributed by atoms with Gasteiger partial charge in [0.2, 0.25) is 0 Å². The summed E-state index contributed by atoms with van der Waals surface area (Å²) in [5.74, 6) is 2.75. The molecule has 0 spiro atoms. The number of fused-ring (bicyclic) bond motifs is 2. The molecule has 2 aliphatic heterocycles. The molecule has 0 N–H and O–H groups in total. The van der Waals surface area contributed by atoms with Crippen LogP contribution in [-0.2, 0) is 5.41 Å². The Bertz CT molecular complexity index is 488. The third-order valence-electron chi connectivity index (χ3n) is 5.63. The number of nitrogens with zero attached hydrogens (tertiary/aromatic N) is 1. The van der Waals surface area contributed by atoms with Crippen LogP contribution in [0.25, 0.3) is 0 Å². The lowest BCUT2D eigenvalue weighted by Gasteiger charge is -2.59. The molecule has 2 atom stereocenters. The Morgan fingerprint density at radius 3 is 1.81 bits per heavy atom. The Morgan fingerprint density at radius 2 is 1.38 bits per heavy atom. The van der Waals surface area contributed by atoms with Gasteiger partial charge in [-0.05, 0) is 52.7 Å². The minimum Gasteiger partial charge on any atom is -0.371 e. The zero-order valence-electron chi connectivity index (χ0n) is 14.6. The van der Waals surface area contributed by atoms with Crippen LogP contribution in [0.1, 0.15) is 53.5 Å². The molecule has 116 valence electrons. The molecule has 3 aliphatic rings. The lowest BCUT2D eigenvalue weighted by molar-refractivity contribution is -0.0333. The van der Waals surface area contributed by atoms with Gasteiger partial charge in [0, 0.05) is 18.8 Å². The average Bonchev–Trinajstić information content (AvgIpc) is 2.36. The Labute approximate surface area is 130 Å². The first-order valence-corrected chi connectivity index (χ1v) is 8.52. The van der Waals surface area contributed by atoms with E-state index in [1.54, 1.807) is 0 Å². The van der Waals surface area contributed by atoms with E-state index in [0.717, 1.165) is 17.8 Å². The normalized spacial score (nSPS) is 29.2. The number of hydrogen-bond donors (Lipinski definition) is 0. The molecule has 1 aromatic carbocycles. The molecule has 3 fully saturated rings. The second-order valence-corrected chi connectivity index (χ2v) is 9.35. The third-order valence-corrected chi connectivity index (χ3v) is 5.63. The summed E-state index contributed by atoms with van der Waals surface area (Å²) in [5, 5.41) is 0. The lowest BCUT2D eigenvalue weighted by atomic mass is 9.53. The standard InChI is InChI=1S/C20H31N/c1-19(2,3)16-7-9-17(10-8-16)21-12-14-11-15(13-21)18(14)20(4,5)6/h7-10,14-15,18H,11-13H2,1-6H3. The second-order valence-electron chi connectivity index (χ2n) is 9.35. The molecule has 0 amide bonds. The number of anilines is 1. The molecular formula is C20H31N. The summed E-state index contributed by atoms with van der Waals surface area (Å²) in [4.78, 5) is 2.62. The summed E-state index contributed by atoms with van der Waals surface area (Å²) in [5.41, 5.74) is 3.58. The number of hydrogen-bond acceptors (Lipinski definition) is 1. The number of rotatable bonds is 1. The summed E-state index contributed by atoms with van der Waals surface area (Å²) in [6.07, 6.45) is 1.46. The fraction of sp³-hybridized carbons (Fsp3) is 0.700. The molecule has 0 aromatic heterocycles. The highest BCUT2D eigenvalue weighted by Gasteiger charge is 2.51. The first-order valence-electron chi connectivity index (χ1n) is 8.52. The predicted molar refractivity (Wildman–Crippen MR) is 91.9 cm³/mol. The van der Waals surface area contributed by atoms with Crippen molar-refractivity contribution in [2.24, 2.45) is 23.2 Å². The van der Waals surface area contributed by atoms with E-state index in [4.69, 9.17) is 0 Å². The Hall–Kier alpha value is -0.980. The van der Waals surface area contributed by atoms with Crippen LogP contribution in [0.4, 0.5) is 5.69 Å². The SMILES string of the molecule is CC(C)(C)c1ccc(N2CC3CC(C2)C3C(C)(C)C)cc1. The highest BCUT2D eigenvalue weighted by atomic mass is 15.2. The van der Waals surface area contributed by atoms with Gasteiger partial charge in [-0.25, -0.2) is 0 Å². The van der Waals surface area contributed by atoms with Gasteiger partial charge >= 0.3 is 0 Å². The van der Waals surface area contributed by atoms with Gasteiger partial charge in [0.05, 0.1) is 0 Å². The van der Waals surface area contributed by atoms with E-state index < -0.39 is 0 Å². The van der Waals surface area contributed by atoms with Gasteiger partial charge in [-0.2, -0.15) is 0 Å². The number of benzene rings is 1. The molecule has 2 heterocycles. The van der Waals surface area contributed by atoms with Gasteiger partial charge in [-0.3, -0.25) is 0 Å². The van der Waals surface area contributed by atoms with E-state index in [1.165, 1.54) is 30.8 Å². The molecule has 2 saturated heterocycles. The van der Waals surface area contributed by atoms with Crippen LogP contribution in [0.3, 0.4) is 0 Å². The van der Waals surface area contributed by atoms with Crippen LogP contribution in [-0.4, -0.2) is 13.1 Å². The second kappa shape index (κ2) is 4.76. The summed E-state index contributed by atoms with van der Waals surface area (Å²) in [6.45, 7) is 16.6. The first kappa shape index (κ1) is 14.9. The van der Waals surface area contributed by atoms with Gasteiger partial charge in [0.25, 0.3) is 0 Å². The Morgan fingerprint density at radius 1 is 0.857 bits per heavy atom. The molecule has 2 bridgehead atoms. The van der Waals surface area contributed by atoms with Crippen molar-refractivity contribution in [3.63, 3.8) is 0 Å². The molecule has 2 unspecified atom stereocenters. The topological polar surface area (TPSA) is 3.24 Å². The minimum atomic E-state index is 0.250. The summed E-state index contributed by atoms with van der Waals surface area (Å²) in [6, 6.07) is 9.29. The van der Waals surface area contributed by atoms with Gasteiger partial charge in [-0.1, -0.05) is 53.7 Å². The maximum atomic E-state index is 2.62. The molecule has 1 heteroatoms. The molecule has 21 heavy (non-hydrogen) atoms.